The summed E-state index contributed by atoms with van der Waals surface area (Å²) in [5.41, 5.74) is 8.47. The van der Waals surface area contributed by atoms with Crippen molar-refractivity contribution in [1.82, 2.24) is 14.6 Å². The molecule has 1 aliphatic rings. The highest BCUT2D eigenvalue weighted by molar-refractivity contribution is 8.20. The van der Waals surface area contributed by atoms with Crippen LogP contribution in [0.25, 0.3) is 16.9 Å². The number of hydrogen-bond donors (Lipinski definition) is 2. The molecule has 2 aromatic heterocycles. The molecule has 0 bridgehead atoms. The molecule has 1 saturated heterocycles. The van der Waals surface area contributed by atoms with Gasteiger partial charge in [-0.2, -0.15) is 18.3 Å². The van der Waals surface area contributed by atoms with Crippen molar-refractivity contribution in [3.8, 4) is 11.3 Å². The van der Waals surface area contributed by atoms with Crippen LogP contribution >= 0.6 is 23.5 Å². The highest BCUT2D eigenvalue weighted by Crippen LogP contribution is 2.56. The van der Waals surface area contributed by atoms with E-state index in [1.165, 1.54) is 34.2 Å². The van der Waals surface area contributed by atoms with Crippen LogP contribution < -0.4 is 11.1 Å². The van der Waals surface area contributed by atoms with E-state index >= 15 is 4.39 Å². The third kappa shape index (κ3) is 5.29. The molecular formula is C26H22F5N5OS2. The Bertz CT molecular complexity index is 1570. The first-order valence-corrected chi connectivity index (χ1v) is 13.8. The highest BCUT2D eigenvalue weighted by atomic mass is 32.2. The first kappa shape index (κ1) is 27.3. The number of nitrogens with two attached hydrogens (primary N) is 1. The Kier molecular flexibility index (Phi) is 7.23. The van der Waals surface area contributed by atoms with Gasteiger partial charge in [0.15, 0.2) is 5.65 Å². The molecule has 39 heavy (non-hydrogen) atoms. The summed E-state index contributed by atoms with van der Waals surface area (Å²) in [5, 5.41) is 7.60. The van der Waals surface area contributed by atoms with Crippen LogP contribution in [0, 0.1) is 18.6 Å². The lowest BCUT2D eigenvalue weighted by Crippen LogP contribution is -2.23. The van der Waals surface area contributed by atoms with Crippen molar-refractivity contribution in [3.05, 3.63) is 82.7 Å². The minimum Gasteiger partial charge on any atom is -0.382 e. The van der Waals surface area contributed by atoms with Crippen molar-refractivity contribution in [1.29, 1.82) is 0 Å². The Morgan fingerprint density at radius 2 is 1.87 bits per heavy atom. The number of imidazole rings is 1. The van der Waals surface area contributed by atoms with Gasteiger partial charge in [-0.3, -0.25) is 4.79 Å². The molecule has 3 heterocycles. The highest BCUT2D eigenvalue weighted by Gasteiger charge is 2.44. The number of aromatic nitrogens is 3. The van der Waals surface area contributed by atoms with E-state index in [4.69, 9.17) is 10.8 Å². The van der Waals surface area contributed by atoms with Gasteiger partial charge in [-0.05, 0) is 48.9 Å². The zero-order valence-corrected chi connectivity index (χ0v) is 22.1. The molecule has 4 aromatic rings. The smallest absolute Gasteiger partial charge is 0.382 e. The molecule has 2 aromatic carbocycles. The number of halogens is 5. The van der Waals surface area contributed by atoms with Crippen LogP contribution in [0.2, 0.25) is 0 Å². The molecule has 13 heteroatoms. The molecule has 0 radical (unpaired) electrons. The predicted octanol–water partition coefficient (Wildman–Crippen LogP) is 6.13. The van der Waals surface area contributed by atoms with Gasteiger partial charge in [0.25, 0.3) is 0 Å². The van der Waals surface area contributed by atoms with E-state index in [9.17, 15) is 22.4 Å². The molecule has 0 aliphatic carbocycles. The number of primary amides is 1. The molecule has 0 unspecified atom stereocenters. The van der Waals surface area contributed by atoms with Gasteiger partial charge in [0.2, 0.25) is 5.91 Å². The van der Waals surface area contributed by atoms with Crippen LogP contribution in [-0.2, 0) is 4.08 Å². The number of aryl methyl sites for hydroxylation is 1. The molecule has 1 amide bonds. The van der Waals surface area contributed by atoms with E-state index in [0.717, 1.165) is 18.2 Å². The van der Waals surface area contributed by atoms with E-state index in [0.29, 0.717) is 39.6 Å². The number of nitrogens with one attached hydrogen (secondary N) is 1. The molecule has 204 valence electrons. The first-order valence-electron chi connectivity index (χ1n) is 11.8. The summed E-state index contributed by atoms with van der Waals surface area (Å²) >= 11 is 2.75. The molecule has 6 nitrogen and oxygen atoms in total. The number of thioether (sulfide) groups is 2. The van der Waals surface area contributed by atoms with Gasteiger partial charge in [0.05, 0.1) is 29.7 Å². The molecular weight excluding hydrogens is 557 g/mol. The quantitative estimate of drug-likeness (QED) is 0.257. The number of benzene rings is 2. The van der Waals surface area contributed by atoms with Gasteiger partial charge in [0.1, 0.15) is 15.7 Å². The summed E-state index contributed by atoms with van der Waals surface area (Å²) in [6.45, 7) is 1.31. The van der Waals surface area contributed by atoms with E-state index in [-0.39, 0.29) is 16.9 Å². The third-order valence-electron chi connectivity index (χ3n) is 6.29. The summed E-state index contributed by atoms with van der Waals surface area (Å²) in [4.78, 5) is 16.1. The lowest BCUT2D eigenvalue weighted by atomic mass is 10.0. The first-order chi connectivity index (χ1) is 18.5. The van der Waals surface area contributed by atoms with Crippen LogP contribution in [0.5, 0.6) is 0 Å². The Morgan fingerprint density at radius 3 is 2.54 bits per heavy atom. The normalized spacial score (nSPS) is 15.1. The van der Waals surface area contributed by atoms with Crippen LogP contribution in [0.4, 0.5) is 27.6 Å². The van der Waals surface area contributed by atoms with Crippen molar-refractivity contribution in [2.75, 3.05) is 23.4 Å². The number of carbonyl (C=O) groups excluding carboxylic acids is 1. The minimum atomic E-state index is -4.37. The summed E-state index contributed by atoms with van der Waals surface area (Å²) < 4.78 is 68.5. The largest absolute Gasteiger partial charge is 0.390 e. The Morgan fingerprint density at radius 1 is 1.13 bits per heavy atom. The van der Waals surface area contributed by atoms with Crippen molar-refractivity contribution in [2.24, 2.45) is 5.73 Å². The number of rotatable bonds is 7. The van der Waals surface area contributed by atoms with Gasteiger partial charge in [-0.1, -0.05) is 6.07 Å². The fraction of sp³-hybridized carbons (Fsp3) is 0.269. The molecule has 0 spiro atoms. The van der Waals surface area contributed by atoms with E-state index < -0.39 is 40.8 Å². The van der Waals surface area contributed by atoms with Crippen LogP contribution in [0.1, 0.15) is 33.6 Å². The Labute approximate surface area is 228 Å². The molecule has 0 atom stereocenters. The predicted molar refractivity (Wildman–Crippen MR) is 143 cm³/mol. The number of amides is 1. The summed E-state index contributed by atoms with van der Waals surface area (Å²) in [7, 11) is 0. The zero-order valence-electron chi connectivity index (χ0n) is 20.5. The second kappa shape index (κ2) is 10.3. The summed E-state index contributed by atoms with van der Waals surface area (Å²) in [6, 6.07) is 9.75. The lowest BCUT2D eigenvalue weighted by Gasteiger charge is -2.28. The maximum absolute atomic E-state index is 15.1. The molecule has 0 saturated carbocycles. The van der Waals surface area contributed by atoms with Crippen molar-refractivity contribution in [3.63, 3.8) is 0 Å². The van der Waals surface area contributed by atoms with E-state index in [2.05, 4.69) is 10.3 Å². The fourth-order valence-electron chi connectivity index (χ4n) is 4.50. The van der Waals surface area contributed by atoms with Crippen molar-refractivity contribution < 1.29 is 26.7 Å². The van der Waals surface area contributed by atoms with Gasteiger partial charge in [-0.25, -0.2) is 18.3 Å². The Hall–Kier alpha value is -3.32. The number of fused-ring (bicyclic) bond motifs is 1. The average molecular weight is 580 g/mol. The second-order valence-corrected chi connectivity index (χ2v) is 11.8. The fourth-order valence-corrected chi connectivity index (χ4v) is 7.69. The van der Waals surface area contributed by atoms with E-state index in [1.54, 1.807) is 31.2 Å². The summed E-state index contributed by atoms with van der Waals surface area (Å²) in [5.74, 6) is -0.557. The third-order valence-corrected chi connectivity index (χ3v) is 9.75. The van der Waals surface area contributed by atoms with Crippen molar-refractivity contribution >= 4 is 40.8 Å². The Balaban J connectivity index is 1.71. The monoisotopic (exact) mass is 579 g/mol. The number of nitrogens with zero attached hydrogens (tertiary/aromatic N) is 3. The lowest BCUT2D eigenvalue weighted by molar-refractivity contribution is -0.131. The molecule has 1 aliphatic heterocycles. The SMILES string of the molecule is Cc1cc(-c2cnc3c(NCCC(F)(F)F)cc(C4(c5cc(F)ccc5F)SCCS4)nn23)ccc1C(N)=O. The number of hydrogen-bond acceptors (Lipinski definition) is 6. The average Bonchev–Trinajstić information content (AvgIpc) is 3.53. The molecule has 1 fully saturated rings. The molecule has 3 N–H and O–H groups in total. The second-order valence-electron chi connectivity index (χ2n) is 8.95. The number of alkyl halides is 3. The van der Waals surface area contributed by atoms with Gasteiger partial charge >= 0.3 is 6.18 Å². The van der Waals surface area contributed by atoms with Crippen LogP contribution in [0.15, 0.2) is 48.7 Å². The van der Waals surface area contributed by atoms with Crippen LogP contribution in [-0.4, -0.2) is 44.7 Å². The van der Waals surface area contributed by atoms with E-state index in [1.807, 2.05) is 0 Å². The minimum absolute atomic E-state index is 0.0893. The standard InChI is InChI=1S/C26H22F5N5OS2/c1-14-10-15(2-4-17(14)23(32)37)21-13-34-24-20(33-7-6-25(29,30)31)12-22(35-36(21)24)26(38-8-9-39-26)18-11-16(27)3-5-19(18)28/h2-5,10-13,33H,6-9H2,1H3,(H2,32,37). The van der Waals surface area contributed by atoms with Gasteiger partial charge in [0, 0.05) is 34.7 Å². The maximum atomic E-state index is 15.1. The molecule has 5 rings (SSSR count). The number of anilines is 1. The topological polar surface area (TPSA) is 85.3 Å². The zero-order chi connectivity index (χ0) is 27.9. The van der Waals surface area contributed by atoms with Crippen LogP contribution in [0.3, 0.4) is 0 Å². The number of carbonyl (C=O) groups is 1. The van der Waals surface area contributed by atoms with Gasteiger partial charge in [-0.15, -0.1) is 23.5 Å². The summed E-state index contributed by atoms with van der Waals surface area (Å²) in [6.07, 6.45) is -3.93. The van der Waals surface area contributed by atoms with Crippen molar-refractivity contribution in [2.45, 2.75) is 23.6 Å². The maximum Gasteiger partial charge on any atom is 0.390 e. The van der Waals surface area contributed by atoms with Gasteiger partial charge < -0.3 is 11.1 Å².